The average molecular weight is 208 g/mol. The van der Waals surface area contributed by atoms with Crippen LogP contribution in [0.15, 0.2) is 17.2 Å². The summed E-state index contributed by atoms with van der Waals surface area (Å²) in [7, 11) is 0. The fourth-order valence-electron chi connectivity index (χ4n) is 1.76. The highest BCUT2D eigenvalue weighted by Crippen LogP contribution is 2.12. The van der Waals surface area contributed by atoms with Crippen LogP contribution < -0.4 is 16.2 Å². The molecule has 0 radical (unpaired) electrons. The first-order chi connectivity index (χ1) is 7.22. The lowest BCUT2D eigenvalue weighted by atomic mass is 10.1. The Morgan fingerprint density at radius 2 is 2.33 bits per heavy atom. The van der Waals surface area contributed by atoms with E-state index in [9.17, 15) is 4.79 Å². The van der Waals surface area contributed by atoms with E-state index in [0.29, 0.717) is 5.82 Å². The largest absolute Gasteiger partial charge is 0.349 e. The second-order valence-electron chi connectivity index (χ2n) is 3.91. The molecule has 5 heteroatoms. The minimum Gasteiger partial charge on any atom is -0.349 e. The Kier molecular flexibility index (Phi) is 2.73. The van der Waals surface area contributed by atoms with E-state index in [-0.39, 0.29) is 11.6 Å². The summed E-state index contributed by atoms with van der Waals surface area (Å²) in [5.41, 5.74) is 5.67. The van der Waals surface area contributed by atoms with E-state index in [1.165, 1.54) is 0 Å². The van der Waals surface area contributed by atoms with Crippen LogP contribution in [-0.2, 0) is 6.54 Å². The molecule has 0 bridgehead atoms. The summed E-state index contributed by atoms with van der Waals surface area (Å²) in [6.07, 6.45) is 4.36. The second kappa shape index (κ2) is 4.02. The molecular weight excluding hydrogens is 192 g/mol. The Balaban J connectivity index is 2.24. The normalized spacial score (nSPS) is 16.5. The minimum absolute atomic E-state index is 0.00810. The molecule has 5 nitrogen and oxygen atoms in total. The van der Waals surface area contributed by atoms with Crippen molar-refractivity contribution in [3.8, 4) is 0 Å². The fraction of sp³-hybridized carbons (Fsp3) is 0.600. The highest BCUT2D eigenvalue weighted by atomic mass is 16.1. The number of nitrogens with two attached hydrogens (primary N) is 1. The van der Waals surface area contributed by atoms with Gasteiger partial charge in [-0.15, -0.1) is 0 Å². The zero-order valence-electron chi connectivity index (χ0n) is 8.89. The van der Waals surface area contributed by atoms with Crippen molar-refractivity contribution in [1.82, 2.24) is 9.55 Å². The molecule has 82 valence electrons. The van der Waals surface area contributed by atoms with E-state index in [1.807, 2.05) is 11.8 Å². The van der Waals surface area contributed by atoms with Crippen LogP contribution in [0.3, 0.4) is 0 Å². The summed E-state index contributed by atoms with van der Waals surface area (Å²) in [5, 5.41) is 0. The number of nitrogens with zero attached hydrogens (tertiary/aromatic N) is 3. The summed E-state index contributed by atoms with van der Waals surface area (Å²) < 4.78 is 1.70. The molecule has 0 amide bonds. The van der Waals surface area contributed by atoms with E-state index in [0.717, 1.165) is 26.1 Å². The summed E-state index contributed by atoms with van der Waals surface area (Å²) in [5.74, 6) is 0.535. The van der Waals surface area contributed by atoms with E-state index in [1.54, 1.807) is 17.0 Å². The van der Waals surface area contributed by atoms with Gasteiger partial charge in [0.1, 0.15) is 0 Å². The SMILES string of the molecule is CCCn1ccnc(N2CC(N)C2)c1=O. The molecular formula is C10H16N4O. The van der Waals surface area contributed by atoms with Gasteiger partial charge in [-0.3, -0.25) is 4.79 Å². The first-order valence-corrected chi connectivity index (χ1v) is 5.28. The van der Waals surface area contributed by atoms with Gasteiger partial charge >= 0.3 is 0 Å². The lowest BCUT2D eigenvalue weighted by molar-refractivity contribution is 0.507. The zero-order chi connectivity index (χ0) is 10.8. The lowest BCUT2D eigenvalue weighted by Crippen LogP contribution is -2.57. The number of hydrogen-bond donors (Lipinski definition) is 1. The molecule has 1 fully saturated rings. The quantitative estimate of drug-likeness (QED) is 0.747. The van der Waals surface area contributed by atoms with Gasteiger partial charge in [0, 0.05) is 38.1 Å². The standard InChI is InChI=1S/C10H16N4O/c1-2-4-13-5-3-12-9(10(13)15)14-6-8(11)7-14/h3,5,8H,2,4,6-7,11H2,1H3. The van der Waals surface area contributed by atoms with Crippen LogP contribution in [0.4, 0.5) is 5.82 Å². The van der Waals surface area contributed by atoms with Gasteiger partial charge in [0.25, 0.3) is 5.56 Å². The van der Waals surface area contributed by atoms with Crippen LogP contribution in [-0.4, -0.2) is 28.7 Å². The van der Waals surface area contributed by atoms with Gasteiger partial charge in [-0.25, -0.2) is 4.98 Å². The van der Waals surface area contributed by atoms with E-state index in [4.69, 9.17) is 5.73 Å². The maximum Gasteiger partial charge on any atom is 0.293 e. The molecule has 2 rings (SSSR count). The van der Waals surface area contributed by atoms with Gasteiger partial charge in [0.05, 0.1) is 0 Å². The average Bonchev–Trinajstić information content (AvgIpc) is 2.17. The predicted octanol–water partition coefficient (Wildman–Crippen LogP) is -0.199. The van der Waals surface area contributed by atoms with Gasteiger partial charge in [0.2, 0.25) is 0 Å². The topological polar surface area (TPSA) is 64.2 Å². The molecule has 1 aromatic rings. The fourth-order valence-corrected chi connectivity index (χ4v) is 1.76. The number of aryl methyl sites for hydroxylation is 1. The van der Waals surface area contributed by atoms with Crippen LogP contribution in [0.25, 0.3) is 0 Å². The van der Waals surface area contributed by atoms with Crippen LogP contribution in [0.2, 0.25) is 0 Å². The summed E-state index contributed by atoms with van der Waals surface area (Å²) in [4.78, 5) is 18.0. The maximum atomic E-state index is 11.9. The number of rotatable bonds is 3. The molecule has 0 atom stereocenters. The monoisotopic (exact) mass is 208 g/mol. The Bertz CT molecular complexity index is 395. The maximum absolute atomic E-state index is 11.9. The first-order valence-electron chi connectivity index (χ1n) is 5.28. The van der Waals surface area contributed by atoms with Crippen molar-refractivity contribution in [2.45, 2.75) is 25.9 Å². The van der Waals surface area contributed by atoms with Crippen molar-refractivity contribution in [3.05, 3.63) is 22.7 Å². The Morgan fingerprint density at radius 1 is 1.60 bits per heavy atom. The van der Waals surface area contributed by atoms with E-state index < -0.39 is 0 Å². The smallest absolute Gasteiger partial charge is 0.293 e. The van der Waals surface area contributed by atoms with Gasteiger partial charge in [0.15, 0.2) is 5.82 Å². The predicted molar refractivity (Wildman–Crippen MR) is 59.0 cm³/mol. The number of aromatic nitrogens is 2. The Labute approximate surface area is 88.5 Å². The molecule has 0 unspecified atom stereocenters. The zero-order valence-corrected chi connectivity index (χ0v) is 8.89. The van der Waals surface area contributed by atoms with Crippen LogP contribution in [0.5, 0.6) is 0 Å². The van der Waals surface area contributed by atoms with Crippen LogP contribution in [0, 0.1) is 0 Å². The molecule has 2 heterocycles. The van der Waals surface area contributed by atoms with Gasteiger partial charge < -0.3 is 15.2 Å². The Morgan fingerprint density at radius 3 is 2.93 bits per heavy atom. The molecule has 0 aromatic carbocycles. The second-order valence-corrected chi connectivity index (χ2v) is 3.91. The van der Waals surface area contributed by atoms with Crippen LogP contribution in [0.1, 0.15) is 13.3 Å². The van der Waals surface area contributed by atoms with Gasteiger partial charge in [-0.2, -0.15) is 0 Å². The molecule has 15 heavy (non-hydrogen) atoms. The first kappa shape index (κ1) is 10.2. The third-order valence-electron chi connectivity index (χ3n) is 2.57. The van der Waals surface area contributed by atoms with Crippen molar-refractivity contribution in [2.24, 2.45) is 5.73 Å². The molecule has 1 saturated heterocycles. The third-order valence-corrected chi connectivity index (χ3v) is 2.57. The van der Waals surface area contributed by atoms with Crippen molar-refractivity contribution in [3.63, 3.8) is 0 Å². The number of hydrogen-bond acceptors (Lipinski definition) is 4. The summed E-state index contributed by atoms with van der Waals surface area (Å²) in [6.45, 7) is 4.26. The summed E-state index contributed by atoms with van der Waals surface area (Å²) >= 11 is 0. The lowest BCUT2D eigenvalue weighted by Gasteiger charge is -2.37. The third kappa shape index (κ3) is 1.87. The van der Waals surface area contributed by atoms with Crippen molar-refractivity contribution >= 4 is 5.82 Å². The minimum atomic E-state index is -0.00810. The highest BCUT2D eigenvalue weighted by Gasteiger charge is 2.26. The molecule has 0 saturated carbocycles. The molecule has 2 N–H and O–H groups in total. The highest BCUT2D eigenvalue weighted by molar-refractivity contribution is 5.40. The van der Waals surface area contributed by atoms with Gasteiger partial charge in [-0.1, -0.05) is 6.92 Å². The molecule has 0 aliphatic carbocycles. The molecule has 1 aliphatic heterocycles. The summed E-state index contributed by atoms with van der Waals surface area (Å²) in [6, 6.07) is 0.186. The van der Waals surface area contributed by atoms with Crippen molar-refractivity contribution < 1.29 is 0 Å². The molecule has 1 aliphatic rings. The molecule has 1 aromatic heterocycles. The Hall–Kier alpha value is -1.36. The van der Waals surface area contributed by atoms with E-state index in [2.05, 4.69) is 4.98 Å². The van der Waals surface area contributed by atoms with E-state index >= 15 is 0 Å². The van der Waals surface area contributed by atoms with Crippen molar-refractivity contribution in [1.29, 1.82) is 0 Å². The van der Waals surface area contributed by atoms with Gasteiger partial charge in [-0.05, 0) is 6.42 Å². The van der Waals surface area contributed by atoms with Crippen LogP contribution >= 0.6 is 0 Å². The van der Waals surface area contributed by atoms with Crippen molar-refractivity contribution in [2.75, 3.05) is 18.0 Å². The molecule has 0 spiro atoms. The number of anilines is 1.